The Hall–Kier alpha value is -2.65. The van der Waals surface area contributed by atoms with Gasteiger partial charge in [-0.25, -0.2) is 4.79 Å². The highest BCUT2D eigenvalue weighted by Gasteiger charge is 2.45. The monoisotopic (exact) mass is 452 g/mol. The number of nitrogens with zero attached hydrogens (tertiary/aromatic N) is 2. The van der Waals surface area contributed by atoms with E-state index in [2.05, 4.69) is 31.1 Å². The molecular weight excluding hydrogens is 425 g/mol. The Morgan fingerprint density at radius 3 is 2.44 bits per heavy atom. The zero-order valence-electron chi connectivity index (χ0n) is 18.1. The maximum atomic E-state index is 13.0. The Kier molecular flexibility index (Phi) is 7.09. The number of hydrogen-bond acceptors (Lipinski definition) is 4. The maximum absolute atomic E-state index is 13.0. The molecule has 0 aliphatic carbocycles. The number of rotatable bonds is 2. The fourth-order valence-corrected chi connectivity index (χ4v) is 4.25. The molecule has 0 saturated carbocycles. The molecule has 2 atom stereocenters. The Morgan fingerprint density at radius 2 is 1.81 bits per heavy atom. The summed E-state index contributed by atoms with van der Waals surface area (Å²) in [5.74, 6) is -2.63. The van der Waals surface area contributed by atoms with Gasteiger partial charge in [-0.05, 0) is 56.3 Å². The summed E-state index contributed by atoms with van der Waals surface area (Å²) in [6.45, 7) is 2.29. The largest absolute Gasteiger partial charge is 0.490 e. The van der Waals surface area contributed by atoms with Crippen molar-refractivity contribution in [2.45, 2.75) is 37.1 Å². The Bertz CT molecular complexity index is 979. The minimum atomic E-state index is -5.08. The average Bonchev–Trinajstić information content (AvgIpc) is 3.15. The average molecular weight is 452 g/mol. The number of carboxylic acid groups (broad SMARTS) is 1. The Labute approximate surface area is 184 Å². The van der Waals surface area contributed by atoms with Crippen molar-refractivity contribution in [3.8, 4) is 0 Å². The molecule has 6 nitrogen and oxygen atoms in total. The van der Waals surface area contributed by atoms with Gasteiger partial charge in [0.25, 0.3) is 5.91 Å². The number of carboxylic acids is 1. The van der Waals surface area contributed by atoms with Crippen LogP contribution in [0.1, 0.15) is 29.6 Å². The van der Waals surface area contributed by atoms with Gasteiger partial charge < -0.3 is 19.6 Å². The van der Waals surface area contributed by atoms with Gasteiger partial charge >= 0.3 is 12.1 Å². The molecule has 2 aliphatic heterocycles. The summed E-state index contributed by atoms with van der Waals surface area (Å²) in [6.07, 6.45) is -2.05. The van der Waals surface area contributed by atoms with Gasteiger partial charge in [0.05, 0.1) is 12.1 Å². The van der Waals surface area contributed by atoms with Crippen LogP contribution >= 0.6 is 0 Å². The van der Waals surface area contributed by atoms with Gasteiger partial charge in [-0.1, -0.05) is 30.3 Å². The molecule has 2 heterocycles. The number of hydrogen-bond donors (Lipinski definition) is 1. The standard InChI is InChI=1S/C21H26N2O2.C2HF3O2/c1-22(2)19-9-12-25-21(14-19)10-11-23(15-21)20(24)18-8-7-16-5-3-4-6-17(16)13-18;3-2(4,5)1(6)7/h3-8,13,19H,9-12,14-15H2,1-2H3;(H,6,7)/t19-,21+;/m0./s1. The third-order valence-corrected chi connectivity index (χ3v) is 6.04. The summed E-state index contributed by atoms with van der Waals surface area (Å²) in [7, 11) is 4.27. The van der Waals surface area contributed by atoms with Crippen LogP contribution in [0, 0.1) is 0 Å². The number of halogens is 3. The fourth-order valence-electron chi connectivity index (χ4n) is 4.25. The van der Waals surface area contributed by atoms with E-state index in [0.717, 1.165) is 43.4 Å². The molecule has 0 aromatic heterocycles. The normalized spacial score (nSPS) is 23.3. The molecular formula is C23H27F3N2O4. The van der Waals surface area contributed by atoms with Gasteiger partial charge in [0.15, 0.2) is 0 Å². The summed E-state index contributed by atoms with van der Waals surface area (Å²) in [5, 5.41) is 9.41. The first-order valence-electron chi connectivity index (χ1n) is 10.4. The molecule has 4 rings (SSSR count). The first-order chi connectivity index (χ1) is 15.0. The molecule has 0 unspecified atom stereocenters. The summed E-state index contributed by atoms with van der Waals surface area (Å²) in [4.78, 5) is 26.2. The van der Waals surface area contributed by atoms with Gasteiger partial charge in [0.1, 0.15) is 0 Å². The minimum absolute atomic E-state index is 0.123. The summed E-state index contributed by atoms with van der Waals surface area (Å²) >= 11 is 0. The van der Waals surface area contributed by atoms with Crippen molar-refractivity contribution in [2.75, 3.05) is 33.8 Å². The third kappa shape index (κ3) is 5.58. The molecule has 1 amide bonds. The molecule has 1 N–H and O–H groups in total. The number of fused-ring (bicyclic) bond motifs is 1. The van der Waals surface area contributed by atoms with E-state index in [1.54, 1.807) is 0 Å². The van der Waals surface area contributed by atoms with Crippen molar-refractivity contribution in [1.29, 1.82) is 0 Å². The third-order valence-electron chi connectivity index (χ3n) is 6.04. The van der Waals surface area contributed by atoms with Gasteiger partial charge in [-0.15, -0.1) is 0 Å². The summed E-state index contributed by atoms with van der Waals surface area (Å²) in [5.41, 5.74) is 0.621. The van der Waals surface area contributed by atoms with Crippen molar-refractivity contribution in [3.05, 3.63) is 48.0 Å². The Balaban J connectivity index is 0.000000360. The smallest absolute Gasteiger partial charge is 0.475 e. The van der Waals surface area contributed by atoms with Crippen LogP contribution in [-0.4, -0.2) is 78.4 Å². The topological polar surface area (TPSA) is 70.1 Å². The SMILES string of the molecule is CN(C)[C@H]1CCO[C@]2(CCN(C(=O)c3ccc4ccccc4c3)C2)C1.O=C(O)C(F)(F)F. The van der Waals surface area contributed by atoms with Gasteiger partial charge in [-0.3, -0.25) is 4.79 Å². The van der Waals surface area contributed by atoms with E-state index in [4.69, 9.17) is 14.6 Å². The van der Waals surface area contributed by atoms with E-state index in [0.29, 0.717) is 12.6 Å². The maximum Gasteiger partial charge on any atom is 0.490 e. The number of ether oxygens (including phenoxy) is 1. The van der Waals surface area contributed by atoms with Gasteiger partial charge in [0, 0.05) is 24.8 Å². The summed E-state index contributed by atoms with van der Waals surface area (Å²) < 4.78 is 37.9. The van der Waals surface area contributed by atoms with Crippen molar-refractivity contribution in [3.63, 3.8) is 0 Å². The van der Waals surface area contributed by atoms with Gasteiger partial charge in [-0.2, -0.15) is 13.2 Å². The molecule has 2 aliphatic rings. The van der Waals surface area contributed by atoms with Crippen molar-refractivity contribution < 1.29 is 32.6 Å². The number of amides is 1. The second-order valence-corrected chi connectivity index (χ2v) is 8.48. The van der Waals surface area contributed by atoms with Crippen LogP contribution in [0.3, 0.4) is 0 Å². The number of aliphatic carboxylic acids is 1. The minimum Gasteiger partial charge on any atom is -0.475 e. The Morgan fingerprint density at radius 1 is 1.16 bits per heavy atom. The van der Waals surface area contributed by atoms with Gasteiger partial charge in [0.2, 0.25) is 0 Å². The number of carbonyl (C=O) groups is 2. The molecule has 2 aromatic rings. The first-order valence-corrected chi connectivity index (χ1v) is 10.4. The number of benzene rings is 2. The lowest BCUT2D eigenvalue weighted by Gasteiger charge is -2.40. The van der Waals surface area contributed by atoms with Crippen LogP contribution in [0.2, 0.25) is 0 Å². The van der Waals surface area contributed by atoms with Crippen molar-refractivity contribution in [2.24, 2.45) is 0 Å². The van der Waals surface area contributed by atoms with Crippen LogP contribution in [-0.2, 0) is 9.53 Å². The van der Waals surface area contributed by atoms with Crippen LogP contribution < -0.4 is 0 Å². The van der Waals surface area contributed by atoms with E-state index < -0.39 is 12.1 Å². The molecule has 0 bridgehead atoms. The molecule has 1 spiro atoms. The molecule has 9 heteroatoms. The molecule has 0 radical (unpaired) electrons. The zero-order chi connectivity index (χ0) is 23.5. The van der Waals surface area contributed by atoms with E-state index >= 15 is 0 Å². The highest BCUT2D eigenvalue weighted by molar-refractivity contribution is 5.98. The predicted molar refractivity (Wildman–Crippen MR) is 114 cm³/mol. The fraction of sp³-hybridized carbons (Fsp3) is 0.478. The van der Waals surface area contributed by atoms with Crippen LogP contribution in [0.4, 0.5) is 13.2 Å². The van der Waals surface area contributed by atoms with Crippen LogP contribution in [0.25, 0.3) is 10.8 Å². The zero-order valence-corrected chi connectivity index (χ0v) is 18.1. The van der Waals surface area contributed by atoms with E-state index in [9.17, 15) is 18.0 Å². The molecule has 174 valence electrons. The quantitative estimate of drug-likeness (QED) is 0.751. The molecule has 32 heavy (non-hydrogen) atoms. The van der Waals surface area contributed by atoms with Crippen LogP contribution in [0.15, 0.2) is 42.5 Å². The second-order valence-electron chi connectivity index (χ2n) is 8.48. The number of likely N-dealkylation sites (tertiary alicyclic amines) is 1. The number of carbonyl (C=O) groups excluding carboxylic acids is 1. The lowest BCUT2D eigenvalue weighted by atomic mass is 9.89. The highest BCUT2D eigenvalue weighted by atomic mass is 19.4. The summed E-state index contributed by atoms with van der Waals surface area (Å²) in [6, 6.07) is 14.7. The molecule has 2 fully saturated rings. The van der Waals surface area contributed by atoms with E-state index in [1.165, 1.54) is 5.39 Å². The lowest BCUT2D eigenvalue weighted by molar-refractivity contribution is -0.192. The number of alkyl halides is 3. The van der Waals surface area contributed by atoms with E-state index in [-0.39, 0.29) is 11.5 Å². The first kappa shape index (κ1) is 24.0. The highest BCUT2D eigenvalue weighted by Crippen LogP contribution is 2.36. The molecule has 2 saturated heterocycles. The molecule has 2 aromatic carbocycles. The second kappa shape index (κ2) is 9.46. The predicted octanol–water partition coefficient (Wildman–Crippen LogP) is 3.80. The van der Waals surface area contributed by atoms with Crippen molar-refractivity contribution in [1.82, 2.24) is 9.80 Å². The van der Waals surface area contributed by atoms with Crippen molar-refractivity contribution >= 4 is 22.6 Å². The van der Waals surface area contributed by atoms with E-state index in [1.807, 2.05) is 35.2 Å². The lowest BCUT2D eigenvalue weighted by Crippen LogP contribution is -2.48. The van der Waals surface area contributed by atoms with Crippen LogP contribution in [0.5, 0.6) is 0 Å².